The molecule has 0 aromatic carbocycles. The summed E-state index contributed by atoms with van der Waals surface area (Å²) in [6.45, 7) is 3.36. The summed E-state index contributed by atoms with van der Waals surface area (Å²) in [6, 6.07) is 0. The van der Waals surface area contributed by atoms with Crippen LogP contribution in [-0.2, 0) is 14.3 Å². The SMILES string of the molecule is CCCCC[C@@H](O)/C=C/C1(CCCCCCCCC(=O)O)OCCO1. The van der Waals surface area contributed by atoms with Gasteiger partial charge in [-0.15, -0.1) is 0 Å². The predicted molar refractivity (Wildman–Crippen MR) is 98.5 cm³/mol. The molecule has 5 nitrogen and oxygen atoms in total. The molecule has 0 aliphatic carbocycles. The maximum Gasteiger partial charge on any atom is 0.303 e. The highest BCUT2D eigenvalue weighted by molar-refractivity contribution is 5.66. The molecule has 0 amide bonds. The van der Waals surface area contributed by atoms with E-state index in [1.165, 1.54) is 0 Å². The molecule has 1 fully saturated rings. The molecule has 0 unspecified atom stereocenters. The lowest BCUT2D eigenvalue weighted by Crippen LogP contribution is -2.27. The molecule has 1 rings (SSSR count). The van der Waals surface area contributed by atoms with Gasteiger partial charge >= 0.3 is 5.97 Å². The fourth-order valence-electron chi connectivity index (χ4n) is 3.11. The maximum atomic E-state index is 10.4. The average molecular weight is 357 g/mol. The first-order chi connectivity index (χ1) is 12.1. The van der Waals surface area contributed by atoms with Crippen molar-refractivity contribution in [3.63, 3.8) is 0 Å². The molecule has 0 aromatic rings. The molecule has 0 spiro atoms. The van der Waals surface area contributed by atoms with Crippen LogP contribution >= 0.6 is 0 Å². The van der Waals surface area contributed by atoms with Crippen molar-refractivity contribution in [2.45, 2.75) is 95.9 Å². The summed E-state index contributed by atoms with van der Waals surface area (Å²) in [6.07, 6.45) is 14.6. The van der Waals surface area contributed by atoms with Crippen molar-refractivity contribution in [1.82, 2.24) is 0 Å². The van der Waals surface area contributed by atoms with Gasteiger partial charge in [0.2, 0.25) is 0 Å². The summed E-state index contributed by atoms with van der Waals surface area (Å²) in [4.78, 5) is 10.4. The molecular formula is C20H36O5. The third-order valence-corrected chi connectivity index (χ3v) is 4.62. The van der Waals surface area contributed by atoms with Gasteiger partial charge in [0.05, 0.1) is 19.3 Å². The van der Waals surface area contributed by atoms with E-state index in [0.717, 1.165) is 70.6 Å². The number of aliphatic carboxylic acids is 1. The highest BCUT2D eigenvalue weighted by Gasteiger charge is 2.33. The monoisotopic (exact) mass is 356 g/mol. The number of carboxylic acids is 1. The second-order valence-electron chi connectivity index (χ2n) is 6.95. The first kappa shape index (κ1) is 22.1. The van der Waals surface area contributed by atoms with Gasteiger partial charge in [0, 0.05) is 12.8 Å². The molecule has 0 bridgehead atoms. The van der Waals surface area contributed by atoms with E-state index in [2.05, 4.69) is 6.92 Å². The summed E-state index contributed by atoms with van der Waals surface area (Å²) in [7, 11) is 0. The maximum absolute atomic E-state index is 10.4. The minimum Gasteiger partial charge on any atom is -0.481 e. The number of aliphatic hydroxyl groups is 1. The van der Waals surface area contributed by atoms with E-state index in [-0.39, 0.29) is 6.42 Å². The van der Waals surface area contributed by atoms with Gasteiger partial charge < -0.3 is 19.7 Å². The molecule has 0 aromatic heterocycles. The van der Waals surface area contributed by atoms with Crippen molar-refractivity contribution in [3.8, 4) is 0 Å². The molecule has 1 aliphatic heterocycles. The van der Waals surface area contributed by atoms with Gasteiger partial charge in [0.15, 0.2) is 5.79 Å². The van der Waals surface area contributed by atoms with Crippen LogP contribution in [0, 0.1) is 0 Å². The Labute approximate surface area is 152 Å². The van der Waals surface area contributed by atoms with Crippen LogP contribution in [0.3, 0.4) is 0 Å². The van der Waals surface area contributed by atoms with Gasteiger partial charge in [-0.2, -0.15) is 0 Å². The predicted octanol–water partition coefficient (Wildman–Crippen LogP) is 4.43. The van der Waals surface area contributed by atoms with Gasteiger partial charge in [-0.05, 0) is 25.3 Å². The van der Waals surface area contributed by atoms with Crippen molar-refractivity contribution >= 4 is 5.97 Å². The van der Waals surface area contributed by atoms with Gasteiger partial charge in [0.1, 0.15) is 0 Å². The van der Waals surface area contributed by atoms with Crippen LogP contribution in [0.15, 0.2) is 12.2 Å². The number of hydrogen-bond acceptors (Lipinski definition) is 4. The minimum atomic E-state index is -0.707. The number of carbonyl (C=O) groups is 1. The number of aliphatic hydroxyl groups excluding tert-OH is 1. The van der Waals surface area contributed by atoms with Crippen molar-refractivity contribution in [1.29, 1.82) is 0 Å². The lowest BCUT2D eigenvalue weighted by molar-refractivity contribution is -0.137. The summed E-state index contributed by atoms with van der Waals surface area (Å²) >= 11 is 0. The van der Waals surface area contributed by atoms with Crippen LogP contribution in [0.5, 0.6) is 0 Å². The van der Waals surface area contributed by atoms with Crippen molar-refractivity contribution in [3.05, 3.63) is 12.2 Å². The van der Waals surface area contributed by atoms with E-state index in [0.29, 0.717) is 13.2 Å². The fourth-order valence-corrected chi connectivity index (χ4v) is 3.11. The Balaban J connectivity index is 2.21. The molecular weight excluding hydrogens is 320 g/mol. The Morgan fingerprint density at radius 3 is 2.32 bits per heavy atom. The first-order valence-corrected chi connectivity index (χ1v) is 9.95. The number of unbranched alkanes of at least 4 members (excludes halogenated alkanes) is 7. The molecule has 146 valence electrons. The summed E-state index contributed by atoms with van der Waals surface area (Å²) < 4.78 is 11.6. The fraction of sp³-hybridized carbons (Fsp3) is 0.850. The first-order valence-electron chi connectivity index (χ1n) is 9.95. The summed E-state index contributed by atoms with van der Waals surface area (Å²) in [5.41, 5.74) is 0. The zero-order valence-corrected chi connectivity index (χ0v) is 15.8. The van der Waals surface area contributed by atoms with Crippen molar-refractivity contribution in [2.24, 2.45) is 0 Å². The zero-order valence-electron chi connectivity index (χ0n) is 15.8. The second-order valence-corrected chi connectivity index (χ2v) is 6.95. The van der Waals surface area contributed by atoms with Crippen LogP contribution in [-0.4, -0.2) is 41.3 Å². The summed E-state index contributed by atoms with van der Waals surface area (Å²) in [5.74, 6) is -1.36. The highest BCUT2D eigenvalue weighted by atomic mass is 16.7. The van der Waals surface area contributed by atoms with E-state index >= 15 is 0 Å². The molecule has 5 heteroatoms. The Bertz CT molecular complexity index is 374. The van der Waals surface area contributed by atoms with E-state index in [9.17, 15) is 9.90 Å². The van der Waals surface area contributed by atoms with Crippen molar-refractivity contribution in [2.75, 3.05) is 13.2 Å². The topological polar surface area (TPSA) is 76.0 Å². The molecule has 1 aliphatic rings. The average Bonchev–Trinajstić information content (AvgIpc) is 3.05. The van der Waals surface area contributed by atoms with E-state index in [1.54, 1.807) is 0 Å². The zero-order chi connectivity index (χ0) is 18.4. The number of rotatable bonds is 15. The van der Waals surface area contributed by atoms with Crippen LogP contribution in [0.2, 0.25) is 0 Å². The van der Waals surface area contributed by atoms with E-state index < -0.39 is 17.9 Å². The smallest absolute Gasteiger partial charge is 0.303 e. The third kappa shape index (κ3) is 10.6. The Morgan fingerprint density at radius 1 is 1.04 bits per heavy atom. The molecule has 2 N–H and O–H groups in total. The van der Waals surface area contributed by atoms with Gasteiger partial charge in [-0.3, -0.25) is 4.79 Å². The summed E-state index contributed by atoms with van der Waals surface area (Å²) in [5, 5.41) is 18.6. The van der Waals surface area contributed by atoms with E-state index in [1.807, 2.05) is 12.2 Å². The quantitative estimate of drug-likeness (QED) is 0.335. The van der Waals surface area contributed by atoms with Gasteiger partial charge in [-0.25, -0.2) is 0 Å². The lowest BCUT2D eigenvalue weighted by Gasteiger charge is -2.24. The third-order valence-electron chi connectivity index (χ3n) is 4.62. The van der Waals surface area contributed by atoms with Gasteiger partial charge in [0.25, 0.3) is 0 Å². The molecule has 25 heavy (non-hydrogen) atoms. The standard InChI is InChI=1S/C20H36O5/c1-2-3-8-11-18(21)13-15-20(24-16-17-25-20)14-10-7-5-4-6-9-12-19(22)23/h13,15,18,21H,2-12,14,16-17H2,1H3,(H,22,23)/b15-13+/t18-/m1/s1. The van der Waals surface area contributed by atoms with Crippen LogP contribution in [0.25, 0.3) is 0 Å². The minimum absolute atomic E-state index is 0.274. The van der Waals surface area contributed by atoms with Gasteiger partial charge in [-0.1, -0.05) is 57.9 Å². The number of ether oxygens (including phenoxy) is 2. The Hall–Kier alpha value is -0.910. The molecule has 0 saturated carbocycles. The largest absolute Gasteiger partial charge is 0.481 e. The Kier molecular flexibility index (Phi) is 11.8. The van der Waals surface area contributed by atoms with Crippen LogP contribution in [0.4, 0.5) is 0 Å². The molecule has 0 radical (unpaired) electrons. The highest BCUT2D eigenvalue weighted by Crippen LogP contribution is 2.28. The molecule has 1 saturated heterocycles. The number of carboxylic acid groups (broad SMARTS) is 1. The van der Waals surface area contributed by atoms with E-state index in [4.69, 9.17) is 14.6 Å². The van der Waals surface area contributed by atoms with Crippen LogP contribution < -0.4 is 0 Å². The molecule has 1 heterocycles. The van der Waals surface area contributed by atoms with Crippen molar-refractivity contribution < 1.29 is 24.5 Å². The Morgan fingerprint density at radius 2 is 1.68 bits per heavy atom. The van der Waals surface area contributed by atoms with Crippen LogP contribution in [0.1, 0.15) is 84.0 Å². The number of hydrogen-bond donors (Lipinski definition) is 2. The second kappa shape index (κ2) is 13.3. The molecule has 1 atom stereocenters. The normalized spacial score (nSPS) is 18.0. The lowest BCUT2D eigenvalue weighted by atomic mass is 10.0.